The van der Waals surface area contributed by atoms with Gasteiger partial charge in [0.25, 0.3) is 0 Å². The zero-order valence-electron chi connectivity index (χ0n) is 10.3. The summed E-state index contributed by atoms with van der Waals surface area (Å²) in [6.07, 6.45) is 3.72. The lowest BCUT2D eigenvalue weighted by Gasteiger charge is -2.26. The van der Waals surface area contributed by atoms with Crippen molar-refractivity contribution in [1.29, 1.82) is 0 Å². The lowest BCUT2D eigenvalue weighted by molar-refractivity contribution is -0.126. The molecule has 2 heterocycles. The van der Waals surface area contributed by atoms with Crippen molar-refractivity contribution in [3.05, 3.63) is 16.1 Å². The molecular weight excluding hydrogens is 234 g/mol. The van der Waals surface area contributed by atoms with Crippen LogP contribution in [0.2, 0.25) is 0 Å². The van der Waals surface area contributed by atoms with E-state index < -0.39 is 0 Å². The van der Waals surface area contributed by atoms with Crippen molar-refractivity contribution >= 4 is 17.2 Å². The summed E-state index contributed by atoms with van der Waals surface area (Å²) in [4.78, 5) is 17.4. The monoisotopic (exact) mass is 253 g/mol. The molecule has 1 aliphatic rings. The molecule has 1 amide bonds. The predicted octanol–water partition coefficient (Wildman–Crippen LogP) is 1.46. The fourth-order valence-corrected chi connectivity index (χ4v) is 2.89. The molecule has 2 rings (SSSR count). The Hall–Kier alpha value is -0.940. The largest absolute Gasteiger partial charge is 0.349 e. The summed E-state index contributed by atoms with van der Waals surface area (Å²) in [7, 11) is 0. The fourth-order valence-electron chi connectivity index (χ4n) is 2.16. The van der Waals surface area contributed by atoms with Crippen molar-refractivity contribution in [3.63, 3.8) is 0 Å². The maximum atomic E-state index is 12.0. The standard InChI is InChI=1S/C12H19N3OS/c1-8-5-10(3-4-13-8)12(16)15-7-11-14-6-9(2)17-11/h6,8,10,13H,3-5,7H2,1-2H3,(H,15,16). The van der Waals surface area contributed by atoms with Crippen molar-refractivity contribution in [2.24, 2.45) is 5.92 Å². The molecule has 2 atom stereocenters. The third-order valence-electron chi connectivity index (χ3n) is 3.08. The van der Waals surface area contributed by atoms with Crippen molar-refractivity contribution in [1.82, 2.24) is 15.6 Å². The lowest BCUT2D eigenvalue weighted by Crippen LogP contribution is -2.42. The summed E-state index contributed by atoms with van der Waals surface area (Å²) in [6, 6.07) is 0.446. The van der Waals surface area contributed by atoms with Gasteiger partial charge < -0.3 is 10.6 Å². The van der Waals surface area contributed by atoms with Crippen LogP contribution in [0.3, 0.4) is 0 Å². The number of carbonyl (C=O) groups is 1. The maximum absolute atomic E-state index is 12.0. The van der Waals surface area contributed by atoms with E-state index in [0.717, 1.165) is 24.4 Å². The Kier molecular flexibility index (Phi) is 4.12. The second-order valence-electron chi connectivity index (χ2n) is 4.66. The molecule has 5 heteroatoms. The zero-order valence-corrected chi connectivity index (χ0v) is 11.1. The number of amides is 1. The summed E-state index contributed by atoms with van der Waals surface area (Å²) in [5, 5.41) is 7.32. The van der Waals surface area contributed by atoms with Gasteiger partial charge in [0.05, 0.1) is 6.54 Å². The van der Waals surface area contributed by atoms with Gasteiger partial charge >= 0.3 is 0 Å². The topological polar surface area (TPSA) is 54.0 Å². The van der Waals surface area contributed by atoms with Gasteiger partial charge in [0.1, 0.15) is 5.01 Å². The van der Waals surface area contributed by atoms with Crippen LogP contribution in [0, 0.1) is 12.8 Å². The van der Waals surface area contributed by atoms with E-state index in [1.54, 1.807) is 11.3 Å². The van der Waals surface area contributed by atoms with Crippen LogP contribution >= 0.6 is 11.3 Å². The molecule has 94 valence electrons. The number of nitrogens with zero attached hydrogens (tertiary/aromatic N) is 1. The minimum atomic E-state index is 0.160. The van der Waals surface area contributed by atoms with Crippen LogP contribution in [0.25, 0.3) is 0 Å². The van der Waals surface area contributed by atoms with Gasteiger partial charge in [-0.25, -0.2) is 4.98 Å². The Morgan fingerprint density at radius 3 is 3.18 bits per heavy atom. The average Bonchev–Trinajstić information content (AvgIpc) is 2.72. The molecule has 1 saturated heterocycles. The number of rotatable bonds is 3. The minimum absolute atomic E-state index is 0.160. The van der Waals surface area contributed by atoms with Gasteiger partial charge in [0.2, 0.25) is 5.91 Å². The van der Waals surface area contributed by atoms with E-state index in [0.29, 0.717) is 12.6 Å². The molecule has 1 aromatic heterocycles. The third-order valence-corrected chi connectivity index (χ3v) is 3.99. The zero-order chi connectivity index (χ0) is 12.3. The second kappa shape index (κ2) is 5.60. The molecule has 2 unspecified atom stereocenters. The summed E-state index contributed by atoms with van der Waals surface area (Å²) in [5.41, 5.74) is 0. The highest BCUT2D eigenvalue weighted by Crippen LogP contribution is 2.16. The fraction of sp³-hybridized carbons (Fsp3) is 0.667. The molecule has 1 aliphatic heterocycles. The summed E-state index contributed by atoms with van der Waals surface area (Å²) >= 11 is 1.64. The number of nitrogens with one attached hydrogen (secondary N) is 2. The van der Waals surface area contributed by atoms with Crippen LogP contribution in [-0.4, -0.2) is 23.5 Å². The summed E-state index contributed by atoms with van der Waals surface area (Å²) < 4.78 is 0. The number of hydrogen-bond acceptors (Lipinski definition) is 4. The summed E-state index contributed by atoms with van der Waals surface area (Å²) in [6.45, 7) is 5.66. The number of piperidine rings is 1. The van der Waals surface area contributed by atoms with E-state index in [-0.39, 0.29) is 11.8 Å². The third kappa shape index (κ3) is 3.51. The first-order chi connectivity index (χ1) is 8.15. The van der Waals surface area contributed by atoms with E-state index >= 15 is 0 Å². The van der Waals surface area contributed by atoms with Crippen LogP contribution in [0.15, 0.2) is 6.20 Å². The first-order valence-corrected chi connectivity index (χ1v) is 6.89. The number of thiazole rings is 1. The molecule has 4 nitrogen and oxygen atoms in total. The highest BCUT2D eigenvalue weighted by molar-refractivity contribution is 7.11. The summed E-state index contributed by atoms with van der Waals surface area (Å²) in [5.74, 6) is 0.332. The van der Waals surface area contributed by atoms with Gasteiger partial charge in [-0.15, -0.1) is 11.3 Å². The van der Waals surface area contributed by atoms with Gasteiger partial charge in [-0.1, -0.05) is 0 Å². The normalized spacial score (nSPS) is 24.6. The number of aryl methyl sites for hydroxylation is 1. The Bertz CT molecular complexity index is 391. The van der Waals surface area contributed by atoms with Crippen molar-refractivity contribution < 1.29 is 4.79 Å². The van der Waals surface area contributed by atoms with Crippen LogP contribution in [0.4, 0.5) is 0 Å². The van der Waals surface area contributed by atoms with Gasteiger partial charge in [-0.3, -0.25) is 4.79 Å². The lowest BCUT2D eigenvalue weighted by atomic mass is 9.92. The van der Waals surface area contributed by atoms with Crippen molar-refractivity contribution in [2.45, 2.75) is 39.3 Å². The SMILES string of the molecule is Cc1cnc(CNC(=O)C2CCNC(C)C2)s1. The van der Waals surface area contributed by atoms with Crippen LogP contribution in [0.1, 0.15) is 29.7 Å². The molecule has 0 saturated carbocycles. The first kappa shape index (κ1) is 12.5. The Morgan fingerprint density at radius 1 is 1.71 bits per heavy atom. The molecule has 0 aromatic carbocycles. The van der Waals surface area contributed by atoms with E-state index in [1.165, 1.54) is 4.88 Å². The predicted molar refractivity (Wildman–Crippen MR) is 68.9 cm³/mol. The molecule has 0 bridgehead atoms. The molecule has 1 aromatic rings. The van der Waals surface area contributed by atoms with Crippen molar-refractivity contribution in [3.8, 4) is 0 Å². The average molecular weight is 253 g/mol. The van der Waals surface area contributed by atoms with Crippen LogP contribution in [0.5, 0.6) is 0 Å². The van der Waals surface area contributed by atoms with E-state index in [2.05, 4.69) is 22.5 Å². The molecule has 0 aliphatic carbocycles. The Labute approximate surface area is 106 Å². The maximum Gasteiger partial charge on any atom is 0.223 e. The highest BCUT2D eigenvalue weighted by atomic mass is 32.1. The molecule has 1 fully saturated rings. The van der Waals surface area contributed by atoms with Gasteiger partial charge in [0.15, 0.2) is 0 Å². The molecular formula is C12H19N3OS. The quantitative estimate of drug-likeness (QED) is 0.857. The van der Waals surface area contributed by atoms with Crippen LogP contribution in [-0.2, 0) is 11.3 Å². The van der Waals surface area contributed by atoms with E-state index in [1.807, 2.05) is 13.1 Å². The molecule has 17 heavy (non-hydrogen) atoms. The van der Waals surface area contributed by atoms with Crippen molar-refractivity contribution in [2.75, 3.05) is 6.54 Å². The van der Waals surface area contributed by atoms with Gasteiger partial charge in [-0.05, 0) is 33.2 Å². The first-order valence-electron chi connectivity index (χ1n) is 6.07. The van der Waals surface area contributed by atoms with Crippen LogP contribution < -0.4 is 10.6 Å². The Morgan fingerprint density at radius 2 is 2.53 bits per heavy atom. The molecule has 0 radical (unpaired) electrons. The van der Waals surface area contributed by atoms with Gasteiger partial charge in [0, 0.05) is 23.0 Å². The number of aromatic nitrogens is 1. The minimum Gasteiger partial charge on any atom is -0.349 e. The van der Waals surface area contributed by atoms with Gasteiger partial charge in [-0.2, -0.15) is 0 Å². The number of carbonyl (C=O) groups excluding carboxylic acids is 1. The second-order valence-corrected chi connectivity index (χ2v) is 5.98. The molecule has 2 N–H and O–H groups in total. The smallest absolute Gasteiger partial charge is 0.223 e. The number of hydrogen-bond donors (Lipinski definition) is 2. The molecule has 0 spiro atoms. The Balaban J connectivity index is 1.80. The van der Waals surface area contributed by atoms with E-state index in [9.17, 15) is 4.79 Å². The van der Waals surface area contributed by atoms with E-state index in [4.69, 9.17) is 0 Å². The highest BCUT2D eigenvalue weighted by Gasteiger charge is 2.24.